The first kappa shape index (κ1) is 17.6. The summed E-state index contributed by atoms with van der Waals surface area (Å²) in [6, 6.07) is 8.47. The van der Waals surface area contributed by atoms with Crippen molar-refractivity contribution in [1.82, 2.24) is 10.7 Å². The van der Waals surface area contributed by atoms with Crippen molar-refractivity contribution in [2.45, 2.75) is 51.6 Å². The highest BCUT2D eigenvalue weighted by Gasteiger charge is 2.02. The number of carbonyl (C=O) groups is 1. The zero-order valence-corrected chi connectivity index (χ0v) is 12.9. The summed E-state index contributed by atoms with van der Waals surface area (Å²) in [4.78, 5) is 11.7. The Kier molecular flexibility index (Phi) is 8.66. The Morgan fingerprint density at radius 3 is 2.57 bits per heavy atom. The second kappa shape index (κ2) is 10.3. The fourth-order valence-corrected chi connectivity index (χ4v) is 2.10. The van der Waals surface area contributed by atoms with E-state index in [0.29, 0.717) is 13.0 Å². The van der Waals surface area contributed by atoms with E-state index in [1.165, 1.54) is 11.1 Å². The van der Waals surface area contributed by atoms with Gasteiger partial charge in [-0.05, 0) is 44.6 Å². The Balaban J connectivity index is 2.02. The molecule has 118 valence electrons. The van der Waals surface area contributed by atoms with Crippen LogP contribution in [0.15, 0.2) is 24.3 Å². The smallest absolute Gasteiger partial charge is 0.220 e. The van der Waals surface area contributed by atoms with Crippen LogP contribution in [0, 0.1) is 6.92 Å². The molecular weight excluding hydrogens is 264 g/mol. The zero-order chi connectivity index (χ0) is 15.5. The molecule has 5 heteroatoms. The maximum atomic E-state index is 11.7. The normalized spacial score (nSPS) is 12.1. The number of hydrogen-bond acceptors (Lipinski definition) is 4. The molecule has 0 aliphatic carbocycles. The number of nitrogens with one attached hydrogen (secondary N) is 2. The molecule has 1 unspecified atom stereocenters. The molecule has 0 saturated carbocycles. The van der Waals surface area contributed by atoms with Crippen LogP contribution in [0.5, 0.6) is 0 Å². The van der Waals surface area contributed by atoms with Crippen LogP contribution in [0.2, 0.25) is 0 Å². The molecule has 21 heavy (non-hydrogen) atoms. The molecule has 0 heterocycles. The lowest BCUT2D eigenvalue weighted by atomic mass is 10.1. The van der Waals surface area contributed by atoms with Gasteiger partial charge in [-0.25, -0.2) is 5.43 Å². The number of unbranched alkanes of at least 4 members (excludes halogenated alkanes) is 1. The van der Waals surface area contributed by atoms with Gasteiger partial charge in [0.2, 0.25) is 5.91 Å². The first-order chi connectivity index (χ1) is 10.1. The minimum Gasteiger partial charge on any atom is -0.356 e. The first-order valence-corrected chi connectivity index (χ1v) is 7.66. The second-order valence-electron chi connectivity index (χ2n) is 5.46. The molecule has 0 aliphatic heterocycles. The first-order valence-electron chi connectivity index (χ1n) is 7.66. The van der Waals surface area contributed by atoms with Crippen molar-refractivity contribution in [3.05, 3.63) is 35.4 Å². The van der Waals surface area contributed by atoms with Crippen molar-refractivity contribution in [1.29, 1.82) is 0 Å². The SMILES string of the molecule is Cc1ccc(CCCC(=O)NCCCCC(N)NN)cc1. The van der Waals surface area contributed by atoms with Crippen LogP contribution in [0.4, 0.5) is 0 Å². The van der Waals surface area contributed by atoms with E-state index in [4.69, 9.17) is 11.6 Å². The maximum absolute atomic E-state index is 11.7. The maximum Gasteiger partial charge on any atom is 0.220 e. The lowest BCUT2D eigenvalue weighted by Crippen LogP contribution is -2.42. The molecule has 0 spiro atoms. The third kappa shape index (κ3) is 8.45. The van der Waals surface area contributed by atoms with Crippen molar-refractivity contribution >= 4 is 5.91 Å². The summed E-state index contributed by atoms with van der Waals surface area (Å²) in [5, 5.41) is 2.94. The lowest BCUT2D eigenvalue weighted by Gasteiger charge is -2.09. The van der Waals surface area contributed by atoms with Gasteiger partial charge in [0.15, 0.2) is 0 Å². The van der Waals surface area contributed by atoms with Gasteiger partial charge in [-0.1, -0.05) is 29.8 Å². The average molecular weight is 292 g/mol. The fraction of sp³-hybridized carbons (Fsp3) is 0.562. The number of benzene rings is 1. The van der Waals surface area contributed by atoms with Crippen molar-refractivity contribution in [2.24, 2.45) is 11.6 Å². The van der Waals surface area contributed by atoms with Gasteiger partial charge >= 0.3 is 0 Å². The van der Waals surface area contributed by atoms with Crippen LogP contribution < -0.4 is 22.3 Å². The molecule has 0 radical (unpaired) electrons. The molecule has 0 aliphatic rings. The van der Waals surface area contributed by atoms with E-state index in [-0.39, 0.29) is 12.1 Å². The van der Waals surface area contributed by atoms with Gasteiger partial charge in [-0.15, -0.1) is 0 Å². The largest absolute Gasteiger partial charge is 0.356 e. The Labute approximate surface area is 127 Å². The van der Waals surface area contributed by atoms with E-state index in [1.807, 2.05) is 0 Å². The van der Waals surface area contributed by atoms with Crippen LogP contribution in [-0.2, 0) is 11.2 Å². The summed E-state index contributed by atoms with van der Waals surface area (Å²) in [5.74, 6) is 5.33. The molecule has 6 N–H and O–H groups in total. The van der Waals surface area contributed by atoms with Crippen molar-refractivity contribution in [2.75, 3.05) is 6.54 Å². The van der Waals surface area contributed by atoms with E-state index in [1.54, 1.807) is 0 Å². The molecule has 1 aromatic carbocycles. The summed E-state index contributed by atoms with van der Waals surface area (Å²) in [6.07, 6.45) is 4.96. The molecule has 1 rings (SSSR count). The molecule has 1 aromatic rings. The van der Waals surface area contributed by atoms with E-state index >= 15 is 0 Å². The van der Waals surface area contributed by atoms with E-state index in [9.17, 15) is 4.79 Å². The fourth-order valence-electron chi connectivity index (χ4n) is 2.10. The molecule has 0 bridgehead atoms. The summed E-state index contributed by atoms with van der Waals surface area (Å²) in [7, 11) is 0. The Bertz CT molecular complexity index is 405. The quantitative estimate of drug-likeness (QED) is 0.227. The minimum atomic E-state index is -0.157. The van der Waals surface area contributed by atoms with Gasteiger partial charge in [0.25, 0.3) is 0 Å². The zero-order valence-electron chi connectivity index (χ0n) is 12.9. The Hall–Kier alpha value is -1.43. The highest BCUT2D eigenvalue weighted by atomic mass is 16.1. The van der Waals surface area contributed by atoms with E-state index in [2.05, 4.69) is 41.9 Å². The number of hydrogen-bond donors (Lipinski definition) is 4. The van der Waals surface area contributed by atoms with Crippen LogP contribution in [0.25, 0.3) is 0 Å². The predicted octanol–water partition coefficient (Wildman–Crippen LogP) is 1.35. The number of nitrogens with two attached hydrogens (primary N) is 2. The summed E-state index contributed by atoms with van der Waals surface area (Å²) >= 11 is 0. The van der Waals surface area contributed by atoms with E-state index < -0.39 is 0 Å². The van der Waals surface area contributed by atoms with Gasteiger partial charge < -0.3 is 11.1 Å². The van der Waals surface area contributed by atoms with Crippen LogP contribution in [-0.4, -0.2) is 18.6 Å². The standard InChI is InChI=1S/C16H28N4O/c1-13-8-10-14(11-9-13)5-4-7-16(21)19-12-3-2-6-15(17)20-18/h8-11,15,20H,2-7,12,17-18H2,1H3,(H,19,21). The van der Waals surface area contributed by atoms with Crippen LogP contribution in [0.1, 0.15) is 43.2 Å². The van der Waals surface area contributed by atoms with Gasteiger partial charge in [-0.3, -0.25) is 10.6 Å². The number of hydrazine groups is 1. The van der Waals surface area contributed by atoms with Gasteiger partial charge in [0, 0.05) is 13.0 Å². The van der Waals surface area contributed by atoms with Crippen molar-refractivity contribution in [3.63, 3.8) is 0 Å². The highest BCUT2D eigenvalue weighted by molar-refractivity contribution is 5.75. The summed E-state index contributed by atoms with van der Waals surface area (Å²) in [6.45, 7) is 2.79. The van der Waals surface area contributed by atoms with Gasteiger partial charge in [0.05, 0.1) is 6.17 Å². The Morgan fingerprint density at radius 1 is 1.19 bits per heavy atom. The summed E-state index contributed by atoms with van der Waals surface area (Å²) in [5.41, 5.74) is 10.7. The average Bonchev–Trinajstić information content (AvgIpc) is 2.48. The van der Waals surface area contributed by atoms with Crippen LogP contribution >= 0.6 is 0 Å². The molecule has 0 fully saturated rings. The van der Waals surface area contributed by atoms with Gasteiger partial charge in [0.1, 0.15) is 0 Å². The summed E-state index contributed by atoms with van der Waals surface area (Å²) < 4.78 is 0. The third-order valence-corrected chi connectivity index (χ3v) is 3.47. The van der Waals surface area contributed by atoms with Crippen LogP contribution in [0.3, 0.4) is 0 Å². The topological polar surface area (TPSA) is 93.2 Å². The number of aryl methyl sites for hydroxylation is 2. The highest BCUT2D eigenvalue weighted by Crippen LogP contribution is 2.07. The Morgan fingerprint density at radius 2 is 1.90 bits per heavy atom. The molecule has 1 atom stereocenters. The molecule has 0 saturated heterocycles. The monoisotopic (exact) mass is 292 g/mol. The second-order valence-corrected chi connectivity index (χ2v) is 5.46. The molecule has 5 nitrogen and oxygen atoms in total. The number of carbonyl (C=O) groups excluding carboxylic acids is 1. The molecule has 1 amide bonds. The lowest BCUT2D eigenvalue weighted by molar-refractivity contribution is -0.121. The van der Waals surface area contributed by atoms with Gasteiger partial charge in [-0.2, -0.15) is 0 Å². The number of amides is 1. The number of rotatable bonds is 10. The van der Waals surface area contributed by atoms with Crippen molar-refractivity contribution < 1.29 is 4.79 Å². The minimum absolute atomic E-state index is 0.128. The third-order valence-electron chi connectivity index (χ3n) is 3.47. The molecular formula is C16H28N4O. The molecule has 0 aromatic heterocycles. The van der Waals surface area contributed by atoms with E-state index in [0.717, 1.165) is 32.1 Å². The van der Waals surface area contributed by atoms with Crippen molar-refractivity contribution in [3.8, 4) is 0 Å². The predicted molar refractivity (Wildman–Crippen MR) is 86.3 cm³/mol.